The van der Waals surface area contributed by atoms with E-state index in [0.717, 1.165) is 50.0 Å². The highest BCUT2D eigenvalue weighted by atomic mass is 16.5. The molecule has 170 valence electrons. The van der Waals surface area contributed by atoms with Gasteiger partial charge in [0.1, 0.15) is 24.8 Å². The maximum Gasteiger partial charge on any atom is 0.246 e. The van der Waals surface area contributed by atoms with Crippen LogP contribution in [0.15, 0.2) is 24.3 Å². The summed E-state index contributed by atoms with van der Waals surface area (Å²) in [5, 5.41) is 20.8. The first kappa shape index (κ1) is 23.2. The molecule has 9 heteroatoms. The van der Waals surface area contributed by atoms with Crippen molar-refractivity contribution in [3.63, 3.8) is 0 Å². The highest BCUT2D eigenvalue weighted by Gasteiger charge is 2.27. The number of carbonyl (C=O) groups is 1. The van der Waals surface area contributed by atoms with Gasteiger partial charge < -0.3 is 24.5 Å². The van der Waals surface area contributed by atoms with Crippen molar-refractivity contribution in [1.29, 1.82) is 0 Å². The topological polar surface area (TPSA) is 102 Å². The summed E-state index contributed by atoms with van der Waals surface area (Å²) >= 11 is 0. The van der Waals surface area contributed by atoms with Crippen molar-refractivity contribution in [2.75, 3.05) is 40.0 Å². The van der Waals surface area contributed by atoms with Gasteiger partial charge in [0.05, 0.1) is 12.6 Å². The van der Waals surface area contributed by atoms with Crippen molar-refractivity contribution in [2.24, 2.45) is 5.92 Å². The van der Waals surface area contributed by atoms with Crippen molar-refractivity contribution in [1.82, 2.24) is 25.0 Å². The van der Waals surface area contributed by atoms with Crippen LogP contribution in [0.4, 0.5) is 0 Å². The molecule has 0 saturated carbocycles. The average molecular weight is 432 g/mol. The standard InChI is InChI=1S/C22H33N5O4/c1-16(2)21(23-20(29)15-30-3)22-25-24-19-7-8-26(9-10-27(19)22)14-17-5-4-6-18(13-17)31-12-11-28/h4-6,13,16,21,28H,7-12,14-15H2,1-3H3,(H,23,29). The van der Waals surface area contributed by atoms with Gasteiger partial charge in [-0.05, 0) is 23.6 Å². The molecule has 2 N–H and O–H groups in total. The van der Waals surface area contributed by atoms with E-state index < -0.39 is 0 Å². The number of methoxy groups -OCH3 is 1. The van der Waals surface area contributed by atoms with E-state index in [4.69, 9.17) is 14.6 Å². The number of amides is 1. The molecular formula is C22H33N5O4. The second-order valence-corrected chi connectivity index (χ2v) is 8.09. The number of benzene rings is 1. The molecule has 1 unspecified atom stereocenters. The summed E-state index contributed by atoms with van der Waals surface area (Å²) in [5.74, 6) is 2.54. The molecule has 1 atom stereocenters. The summed E-state index contributed by atoms with van der Waals surface area (Å²) in [6.07, 6.45) is 0.796. The molecule has 0 aliphatic carbocycles. The lowest BCUT2D eigenvalue weighted by atomic mass is 10.0. The number of aromatic nitrogens is 3. The minimum Gasteiger partial charge on any atom is -0.491 e. The average Bonchev–Trinajstić information content (AvgIpc) is 3.04. The van der Waals surface area contributed by atoms with Gasteiger partial charge in [0, 0.05) is 39.7 Å². The van der Waals surface area contributed by atoms with Gasteiger partial charge in [-0.3, -0.25) is 9.69 Å². The van der Waals surface area contributed by atoms with E-state index in [-0.39, 0.29) is 31.1 Å². The third kappa shape index (κ3) is 6.25. The first-order chi connectivity index (χ1) is 15.0. The Morgan fingerprint density at radius 2 is 2.10 bits per heavy atom. The fourth-order valence-corrected chi connectivity index (χ4v) is 3.81. The third-order valence-electron chi connectivity index (χ3n) is 5.35. The zero-order valence-corrected chi connectivity index (χ0v) is 18.6. The molecule has 1 amide bonds. The number of rotatable bonds is 10. The fourth-order valence-electron chi connectivity index (χ4n) is 3.81. The minimum absolute atomic E-state index is 0.00147. The number of fused-ring (bicyclic) bond motifs is 1. The van der Waals surface area contributed by atoms with E-state index in [9.17, 15) is 4.79 Å². The van der Waals surface area contributed by atoms with Crippen LogP contribution in [0, 0.1) is 5.92 Å². The highest BCUT2D eigenvalue weighted by Crippen LogP contribution is 2.23. The molecule has 1 aliphatic rings. The lowest BCUT2D eigenvalue weighted by molar-refractivity contribution is -0.125. The van der Waals surface area contributed by atoms with Crippen molar-refractivity contribution in [3.05, 3.63) is 41.5 Å². The lowest BCUT2D eigenvalue weighted by Gasteiger charge is -2.23. The summed E-state index contributed by atoms with van der Waals surface area (Å²) in [5.41, 5.74) is 1.17. The van der Waals surface area contributed by atoms with Gasteiger partial charge in [-0.1, -0.05) is 26.0 Å². The minimum atomic E-state index is -0.212. The van der Waals surface area contributed by atoms with Crippen LogP contribution >= 0.6 is 0 Å². The van der Waals surface area contributed by atoms with Gasteiger partial charge in [0.25, 0.3) is 0 Å². The third-order valence-corrected chi connectivity index (χ3v) is 5.35. The quantitative estimate of drug-likeness (QED) is 0.582. The molecule has 0 bridgehead atoms. The van der Waals surface area contributed by atoms with Crippen LogP contribution in [0.5, 0.6) is 5.75 Å². The highest BCUT2D eigenvalue weighted by molar-refractivity contribution is 5.77. The summed E-state index contributed by atoms with van der Waals surface area (Å²) in [6.45, 7) is 7.76. The number of ether oxygens (including phenoxy) is 2. The zero-order chi connectivity index (χ0) is 22.2. The number of nitrogens with zero attached hydrogens (tertiary/aromatic N) is 4. The van der Waals surface area contributed by atoms with Crippen LogP contribution in [0.2, 0.25) is 0 Å². The van der Waals surface area contributed by atoms with Crippen molar-refractivity contribution in [3.8, 4) is 5.75 Å². The van der Waals surface area contributed by atoms with E-state index >= 15 is 0 Å². The number of hydrogen-bond donors (Lipinski definition) is 2. The Morgan fingerprint density at radius 1 is 1.26 bits per heavy atom. The van der Waals surface area contributed by atoms with E-state index in [1.54, 1.807) is 0 Å². The molecule has 0 spiro atoms. The summed E-state index contributed by atoms with van der Waals surface area (Å²) in [7, 11) is 1.51. The molecule has 3 rings (SSSR count). The normalized spacial score (nSPS) is 15.4. The Bertz CT molecular complexity index is 854. The van der Waals surface area contributed by atoms with E-state index in [0.29, 0.717) is 6.61 Å². The first-order valence-electron chi connectivity index (χ1n) is 10.8. The Balaban J connectivity index is 1.67. The Morgan fingerprint density at radius 3 is 2.84 bits per heavy atom. The Kier molecular flexibility index (Phi) is 8.39. The molecule has 31 heavy (non-hydrogen) atoms. The lowest BCUT2D eigenvalue weighted by Crippen LogP contribution is -2.36. The number of hydrogen-bond acceptors (Lipinski definition) is 7. The molecule has 1 aromatic carbocycles. The van der Waals surface area contributed by atoms with Gasteiger partial charge in [0.2, 0.25) is 5.91 Å². The largest absolute Gasteiger partial charge is 0.491 e. The van der Waals surface area contributed by atoms with Crippen molar-refractivity contribution < 1.29 is 19.4 Å². The maximum absolute atomic E-state index is 12.1. The predicted octanol–water partition coefficient (Wildman–Crippen LogP) is 1.17. The maximum atomic E-state index is 12.1. The zero-order valence-electron chi connectivity index (χ0n) is 18.6. The van der Waals surface area contributed by atoms with Crippen LogP contribution in [0.3, 0.4) is 0 Å². The van der Waals surface area contributed by atoms with Crippen LogP contribution in [-0.4, -0.2) is 70.7 Å². The summed E-state index contributed by atoms with van der Waals surface area (Å²) < 4.78 is 12.6. The van der Waals surface area contributed by atoms with Gasteiger partial charge in [-0.2, -0.15) is 0 Å². The van der Waals surface area contributed by atoms with Gasteiger partial charge >= 0.3 is 0 Å². The second-order valence-electron chi connectivity index (χ2n) is 8.09. The number of aliphatic hydroxyl groups excluding tert-OH is 1. The number of carbonyl (C=O) groups excluding carboxylic acids is 1. The molecular weight excluding hydrogens is 398 g/mol. The van der Waals surface area contributed by atoms with Crippen LogP contribution in [-0.2, 0) is 29.0 Å². The van der Waals surface area contributed by atoms with Gasteiger partial charge in [-0.15, -0.1) is 10.2 Å². The van der Waals surface area contributed by atoms with Gasteiger partial charge in [0.15, 0.2) is 5.82 Å². The molecule has 2 heterocycles. The summed E-state index contributed by atoms with van der Waals surface area (Å²) in [4.78, 5) is 14.5. The van der Waals surface area contributed by atoms with Crippen LogP contribution in [0.1, 0.15) is 37.1 Å². The van der Waals surface area contributed by atoms with E-state index in [2.05, 4.69) is 44.9 Å². The Hall–Kier alpha value is -2.49. The van der Waals surface area contributed by atoms with Crippen molar-refractivity contribution >= 4 is 5.91 Å². The van der Waals surface area contributed by atoms with E-state index in [1.807, 2.05) is 18.2 Å². The van der Waals surface area contributed by atoms with Crippen LogP contribution in [0.25, 0.3) is 0 Å². The second kappa shape index (κ2) is 11.2. The molecule has 0 radical (unpaired) electrons. The van der Waals surface area contributed by atoms with E-state index in [1.165, 1.54) is 12.7 Å². The predicted molar refractivity (Wildman–Crippen MR) is 116 cm³/mol. The molecule has 0 saturated heterocycles. The van der Waals surface area contributed by atoms with Gasteiger partial charge in [-0.25, -0.2) is 0 Å². The van der Waals surface area contributed by atoms with Crippen molar-refractivity contribution in [2.45, 2.75) is 39.4 Å². The number of aliphatic hydroxyl groups is 1. The first-order valence-corrected chi connectivity index (χ1v) is 10.8. The molecule has 9 nitrogen and oxygen atoms in total. The smallest absolute Gasteiger partial charge is 0.246 e. The monoisotopic (exact) mass is 431 g/mol. The molecule has 1 aliphatic heterocycles. The molecule has 0 fully saturated rings. The summed E-state index contributed by atoms with van der Waals surface area (Å²) in [6, 6.07) is 7.77. The Labute approximate surface area is 183 Å². The molecule has 2 aromatic rings. The fraction of sp³-hybridized carbons (Fsp3) is 0.591. The molecule has 1 aromatic heterocycles. The van der Waals surface area contributed by atoms with Crippen LogP contribution < -0.4 is 10.1 Å². The number of nitrogens with one attached hydrogen (secondary N) is 1. The SMILES string of the molecule is COCC(=O)NC(c1nnc2n1CCN(Cc1cccc(OCCO)c1)CC2)C(C)C.